The number of hydrogen-bond donors (Lipinski definition) is 2. The van der Waals surface area contributed by atoms with Crippen molar-refractivity contribution < 1.29 is 18.3 Å². The van der Waals surface area contributed by atoms with E-state index in [4.69, 9.17) is 9.15 Å². The van der Waals surface area contributed by atoms with Gasteiger partial charge in [0.15, 0.2) is 0 Å². The minimum absolute atomic E-state index is 0.179. The van der Waals surface area contributed by atoms with Crippen LogP contribution in [-0.2, 0) is 4.74 Å². The van der Waals surface area contributed by atoms with Gasteiger partial charge in [-0.1, -0.05) is 12.8 Å². The van der Waals surface area contributed by atoms with Crippen LogP contribution in [0.15, 0.2) is 45.3 Å². The Morgan fingerprint density at radius 1 is 1.37 bits per heavy atom. The predicted molar refractivity (Wildman–Crippen MR) is 109 cm³/mol. The van der Waals surface area contributed by atoms with Crippen molar-refractivity contribution in [2.75, 3.05) is 24.5 Å². The molecule has 1 aliphatic heterocycles. The molecule has 2 heterocycles. The number of furan rings is 1. The van der Waals surface area contributed by atoms with Crippen molar-refractivity contribution in [1.29, 1.82) is 0 Å². The first-order valence-electron chi connectivity index (χ1n) is 8.30. The number of halogens is 2. The fourth-order valence-corrected chi connectivity index (χ4v) is 3.97. The smallest absolute Gasteiger partial charge is 0.255 e. The van der Waals surface area contributed by atoms with Crippen molar-refractivity contribution in [3.63, 3.8) is 0 Å². The first-order valence-corrected chi connectivity index (χ1v) is 9.49. The van der Waals surface area contributed by atoms with Gasteiger partial charge < -0.3 is 18.8 Å². The van der Waals surface area contributed by atoms with E-state index in [9.17, 15) is 9.18 Å². The van der Waals surface area contributed by atoms with E-state index in [0.717, 1.165) is 16.8 Å². The van der Waals surface area contributed by atoms with Crippen LogP contribution in [0.3, 0.4) is 0 Å². The van der Waals surface area contributed by atoms with Crippen LogP contribution in [0.1, 0.15) is 10.4 Å². The molecule has 4 rings (SSSR count). The number of nitrogens with one attached hydrogen (secondary N) is 1. The second-order valence-corrected chi connectivity index (χ2v) is 7.57. The Bertz CT molecular complexity index is 1020. The van der Waals surface area contributed by atoms with Gasteiger partial charge in [0.2, 0.25) is 0 Å². The van der Waals surface area contributed by atoms with Crippen molar-refractivity contribution in [3.05, 3.63) is 52.3 Å². The van der Waals surface area contributed by atoms with Crippen LogP contribution < -0.4 is 9.62 Å². The summed E-state index contributed by atoms with van der Waals surface area (Å²) in [6.07, 6.45) is 0.179. The molecule has 1 N–H and O–H groups in total. The predicted octanol–water partition coefficient (Wildman–Crippen LogP) is 4.41. The molecule has 0 radical (unpaired) electrons. The van der Waals surface area contributed by atoms with Crippen LogP contribution in [-0.4, -0.2) is 32.2 Å². The van der Waals surface area contributed by atoms with E-state index in [0.29, 0.717) is 34.4 Å². The molecule has 1 atom stereocenters. The van der Waals surface area contributed by atoms with Crippen LogP contribution in [0, 0.1) is 5.82 Å². The van der Waals surface area contributed by atoms with Crippen molar-refractivity contribution in [2.24, 2.45) is 0 Å². The van der Waals surface area contributed by atoms with E-state index in [1.54, 1.807) is 23.5 Å². The zero-order valence-corrected chi connectivity index (χ0v) is 16.8. The van der Waals surface area contributed by atoms with Crippen molar-refractivity contribution in [1.82, 2.24) is 5.32 Å². The maximum Gasteiger partial charge on any atom is 0.255 e. The maximum atomic E-state index is 13.3. The first-order chi connectivity index (χ1) is 13.0. The van der Waals surface area contributed by atoms with Gasteiger partial charge in [-0.25, -0.2) is 4.39 Å². The lowest BCUT2D eigenvalue weighted by atomic mass is 10.0. The van der Waals surface area contributed by atoms with Gasteiger partial charge in [0.05, 0.1) is 30.5 Å². The Labute approximate surface area is 169 Å². The van der Waals surface area contributed by atoms with Crippen molar-refractivity contribution in [3.8, 4) is 11.3 Å². The molecule has 1 unspecified atom stereocenters. The molecule has 27 heavy (non-hydrogen) atoms. The molecular weight excluding hydrogens is 435 g/mol. The number of ether oxygens (including phenoxy) is 1. The van der Waals surface area contributed by atoms with E-state index in [1.165, 1.54) is 12.1 Å². The summed E-state index contributed by atoms with van der Waals surface area (Å²) in [5.74, 6) is -0.235. The van der Waals surface area contributed by atoms with Gasteiger partial charge in [-0.3, -0.25) is 4.79 Å². The van der Waals surface area contributed by atoms with Crippen LogP contribution in [0.2, 0.25) is 0 Å². The third-order valence-electron chi connectivity index (χ3n) is 4.38. The normalized spacial score (nSPS) is 15.8. The van der Waals surface area contributed by atoms with Crippen molar-refractivity contribution >= 4 is 51.3 Å². The summed E-state index contributed by atoms with van der Waals surface area (Å²) in [4.78, 5) is 12.5. The molecule has 1 aliphatic rings. The largest absolute Gasteiger partial charge is 0.455 e. The summed E-state index contributed by atoms with van der Waals surface area (Å²) >= 11 is 8.08. The monoisotopic (exact) mass is 450 g/mol. The highest BCUT2D eigenvalue weighted by molar-refractivity contribution is 9.10. The summed E-state index contributed by atoms with van der Waals surface area (Å²) in [6.45, 7) is 1.37. The lowest BCUT2D eigenvalue weighted by Crippen LogP contribution is -2.18. The third-order valence-corrected chi connectivity index (χ3v) is 5.39. The molecule has 0 aliphatic carbocycles. The van der Waals surface area contributed by atoms with E-state index >= 15 is 0 Å². The number of thiol groups is 1. The van der Waals surface area contributed by atoms with Gasteiger partial charge in [-0.15, -0.1) is 0 Å². The molecule has 5 nitrogen and oxygen atoms in total. The molecule has 0 bridgehead atoms. The molecule has 1 fully saturated rings. The van der Waals surface area contributed by atoms with Gasteiger partial charge >= 0.3 is 0 Å². The number of nitrogens with zero attached hydrogens (tertiary/aromatic N) is 1. The van der Waals surface area contributed by atoms with E-state index in [2.05, 4.69) is 34.1 Å². The van der Waals surface area contributed by atoms with Gasteiger partial charge in [0.1, 0.15) is 17.2 Å². The minimum atomic E-state index is -0.352. The summed E-state index contributed by atoms with van der Waals surface area (Å²) in [5.41, 5.74) is 2.38. The van der Waals surface area contributed by atoms with Gasteiger partial charge in [-0.05, 0) is 46.3 Å². The molecule has 140 valence electrons. The number of carbonyl (C=O) groups excluding carboxylic acids is 1. The number of fused-ring (bicyclic) bond motifs is 1. The fraction of sp³-hybridized carbons (Fsp3) is 0.211. The van der Waals surface area contributed by atoms with Crippen LogP contribution >= 0.6 is 28.7 Å². The summed E-state index contributed by atoms with van der Waals surface area (Å²) < 4.78 is 27.1. The van der Waals surface area contributed by atoms with Gasteiger partial charge in [0.25, 0.3) is 5.91 Å². The number of benzene rings is 2. The molecule has 2 aromatic carbocycles. The maximum absolute atomic E-state index is 13.3. The highest BCUT2D eigenvalue weighted by Gasteiger charge is 2.27. The lowest BCUT2D eigenvalue weighted by molar-refractivity contribution is 0.0964. The highest BCUT2D eigenvalue weighted by Crippen LogP contribution is 2.40. The van der Waals surface area contributed by atoms with Crippen LogP contribution in [0.4, 0.5) is 10.1 Å². The first kappa shape index (κ1) is 18.3. The Kier molecular flexibility index (Phi) is 4.88. The second kappa shape index (κ2) is 7.18. The number of epoxide rings is 1. The topological polar surface area (TPSA) is 58.0 Å². The summed E-state index contributed by atoms with van der Waals surface area (Å²) in [5, 5.41) is 3.30. The van der Waals surface area contributed by atoms with E-state index in [1.807, 2.05) is 12.1 Å². The Balaban J connectivity index is 1.86. The molecule has 0 spiro atoms. The third kappa shape index (κ3) is 3.56. The van der Waals surface area contributed by atoms with Crippen molar-refractivity contribution in [2.45, 2.75) is 6.10 Å². The zero-order valence-electron chi connectivity index (χ0n) is 14.3. The van der Waals surface area contributed by atoms with Gasteiger partial charge in [0, 0.05) is 28.5 Å². The Morgan fingerprint density at radius 2 is 2.07 bits per heavy atom. The molecule has 3 aromatic rings. The number of hydrogen-bond acceptors (Lipinski definition) is 5. The molecule has 1 amide bonds. The van der Waals surface area contributed by atoms with E-state index in [-0.39, 0.29) is 17.8 Å². The number of carbonyl (C=O) groups is 1. The summed E-state index contributed by atoms with van der Waals surface area (Å²) in [7, 11) is 1.56. The van der Waals surface area contributed by atoms with Crippen LogP contribution in [0.5, 0.6) is 0 Å². The van der Waals surface area contributed by atoms with Gasteiger partial charge in [-0.2, -0.15) is 0 Å². The minimum Gasteiger partial charge on any atom is -0.455 e. The SMILES string of the molecule is CNC(=O)c1c(-c2ccc(F)cc2)oc2cc(N(S)CC3CO3)c(Br)cc12. The quantitative estimate of drug-likeness (QED) is 0.446. The standard InChI is InChI=1S/C19H16BrFN2O3S/c1-22-19(24)17-13-6-14(20)15(23(27)8-12-9-25-12)7-16(13)26-18(17)10-2-4-11(21)5-3-10/h2-7,12,27H,8-9H2,1H3,(H,22,24). The zero-order chi connectivity index (χ0) is 19.1. The van der Waals surface area contributed by atoms with Crippen LogP contribution in [0.25, 0.3) is 22.3 Å². The Hall–Kier alpha value is -2.03. The average molecular weight is 451 g/mol. The molecule has 1 aromatic heterocycles. The Morgan fingerprint density at radius 3 is 2.70 bits per heavy atom. The second-order valence-electron chi connectivity index (χ2n) is 6.23. The number of anilines is 1. The number of amides is 1. The number of rotatable bonds is 5. The molecule has 1 saturated heterocycles. The lowest BCUT2D eigenvalue weighted by Gasteiger charge is -2.17. The summed E-state index contributed by atoms with van der Waals surface area (Å²) in [6, 6.07) is 9.51. The molecule has 0 saturated carbocycles. The average Bonchev–Trinajstić information content (AvgIpc) is 3.39. The molecular formula is C19H16BrFN2O3S. The fourth-order valence-electron chi connectivity index (χ4n) is 2.92. The molecule has 8 heteroatoms. The van der Waals surface area contributed by atoms with E-state index < -0.39 is 0 Å². The highest BCUT2D eigenvalue weighted by atomic mass is 79.9.